The monoisotopic (exact) mass is 418 g/mol. The third-order valence-corrected chi connectivity index (χ3v) is 4.58. The van der Waals surface area contributed by atoms with E-state index in [1.807, 2.05) is 48.7 Å². The Bertz CT molecular complexity index is 1140. The second-order valence-corrected chi connectivity index (χ2v) is 7.10. The second kappa shape index (κ2) is 9.24. The van der Waals surface area contributed by atoms with E-state index >= 15 is 0 Å². The summed E-state index contributed by atoms with van der Waals surface area (Å²) in [5.41, 5.74) is 2.47. The Morgan fingerprint density at radius 2 is 1.90 bits per heavy atom. The van der Waals surface area contributed by atoms with E-state index in [1.165, 1.54) is 0 Å². The van der Waals surface area contributed by atoms with Crippen LogP contribution in [0.25, 0.3) is 0 Å². The molecule has 0 spiro atoms. The van der Waals surface area contributed by atoms with E-state index in [4.69, 9.17) is 16.3 Å². The Kier molecular flexibility index (Phi) is 6.06. The number of anilines is 1. The highest BCUT2D eigenvalue weighted by molar-refractivity contribution is 6.30. The maximum atomic E-state index is 12.6. The number of hydrogen-bond donors (Lipinski definition) is 1. The molecule has 0 saturated heterocycles. The number of amides is 1. The predicted octanol–water partition coefficient (Wildman–Crippen LogP) is 4.81. The lowest BCUT2D eigenvalue weighted by Gasteiger charge is -2.08. The van der Waals surface area contributed by atoms with E-state index in [2.05, 4.69) is 15.4 Å². The zero-order valence-electron chi connectivity index (χ0n) is 16.0. The third kappa shape index (κ3) is 5.24. The van der Waals surface area contributed by atoms with E-state index in [1.54, 1.807) is 41.3 Å². The Morgan fingerprint density at radius 3 is 2.73 bits per heavy atom. The van der Waals surface area contributed by atoms with Gasteiger partial charge in [-0.05, 0) is 47.5 Å². The van der Waals surface area contributed by atoms with Crippen molar-refractivity contribution in [2.75, 3.05) is 5.32 Å². The lowest BCUT2D eigenvalue weighted by molar-refractivity contribution is 0.102. The molecule has 0 atom stereocenters. The van der Waals surface area contributed by atoms with Crippen molar-refractivity contribution in [3.8, 4) is 5.75 Å². The smallest absolute Gasteiger partial charge is 0.256 e. The average Bonchev–Trinajstić information content (AvgIpc) is 3.20. The lowest BCUT2D eigenvalue weighted by atomic mass is 10.2. The number of carbonyl (C=O) groups excluding carboxylic acids is 1. The number of ether oxygens (including phenoxy) is 1. The molecular formula is C23H19ClN4O2. The van der Waals surface area contributed by atoms with Crippen LogP contribution in [0.15, 0.2) is 85.3 Å². The van der Waals surface area contributed by atoms with Crippen LogP contribution in [-0.2, 0) is 13.2 Å². The summed E-state index contributed by atoms with van der Waals surface area (Å²) in [7, 11) is 0. The molecule has 6 nitrogen and oxygen atoms in total. The molecule has 7 heteroatoms. The molecular weight excluding hydrogens is 400 g/mol. The first-order chi connectivity index (χ1) is 14.7. The second-order valence-electron chi connectivity index (χ2n) is 6.66. The van der Waals surface area contributed by atoms with Crippen LogP contribution >= 0.6 is 11.6 Å². The number of pyridine rings is 1. The standard InChI is InChI=1S/C23H19ClN4O2/c24-20-7-1-4-17(12-20)16-30-21-8-2-6-19(13-21)23(29)26-22-9-11-28(27-22)15-18-5-3-10-25-14-18/h1-14H,15-16H2,(H,26,27,29). The van der Waals surface area contributed by atoms with Gasteiger partial charge in [-0.25, -0.2) is 0 Å². The molecule has 1 amide bonds. The summed E-state index contributed by atoms with van der Waals surface area (Å²) in [5, 5.41) is 7.86. The Morgan fingerprint density at radius 1 is 1.03 bits per heavy atom. The van der Waals surface area contributed by atoms with Crippen molar-refractivity contribution < 1.29 is 9.53 Å². The van der Waals surface area contributed by atoms with Gasteiger partial charge in [0.2, 0.25) is 0 Å². The fraction of sp³-hybridized carbons (Fsp3) is 0.0870. The maximum Gasteiger partial charge on any atom is 0.256 e. The van der Waals surface area contributed by atoms with Gasteiger partial charge in [0.05, 0.1) is 6.54 Å². The molecule has 0 aliphatic heterocycles. The van der Waals surface area contributed by atoms with E-state index in [9.17, 15) is 4.79 Å². The molecule has 150 valence electrons. The third-order valence-electron chi connectivity index (χ3n) is 4.34. The zero-order valence-corrected chi connectivity index (χ0v) is 16.8. The molecule has 2 heterocycles. The normalized spacial score (nSPS) is 10.6. The van der Waals surface area contributed by atoms with Gasteiger partial charge in [-0.1, -0.05) is 35.9 Å². The first-order valence-corrected chi connectivity index (χ1v) is 9.74. The summed E-state index contributed by atoms with van der Waals surface area (Å²) in [6.07, 6.45) is 5.33. The van der Waals surface area contributed by atoms with Crippen LogP contribution in [0, 0.1) is 0 Å². The Labute approximate surface area is 179 Å². The summed E-state index contributed by atoms with van der Waals surface area (Å²) in [6, 6.07) is 20.1. The van der Waals surface area contributed by atoms with Gasteiger partial charge in [-0.3, -0.25) is 14.5 Å². The number of halogens is 1. The molecule has 0 unspecified atom stereocenters. The van der Waals surface area contributed by atoms with E-state index in [-0.39, 0.29) is 5.91 Å². The lowest BCUT2D eigenvalue weighted by Crippen LogP contribution is -2.13. The summed E-state index contributed by atoms with van der Waals surface area (Å²) >= 11 is 6.00. The van der Waals surface area contributed by atoms with Crippen molar-refractivity contribution in [3.05, 3.63) is 107 Å². The molecule has 0 fully saturated rings. The van der Waals surface area contributed by atoms with Gasteiger partial charge >= 0.3 is 0 Å². The molecule has 1 N–H and O–H groups in total. The summed E-state index contributed by atoms with van der Waals surface area (Å²) in [6.45, 7) is 0.945. The first-order valence-electron chi connectivity index (χ1n) is 9.37. The van der Waals surface area contributed by atoms with Crippen LogP contribution in [0.5, 0.6) is 5.75 Å². The molecule has 0 radical (unpaired) electrons. The highest BCUT2D eigenvalue weighted by Crippen LogP contribution is 2.18. The van der Waals surface area contributed by atoms with Gasteiger partial charge in [0.25, 0.3) is 5.91 Å². The van der Waals surface area contributed by atoms with Gasteiger partial charge < -0.3 is 10.1 Å². The molecule has 4 rings (SSSR count). The van der Waals surface area contributed by atoms with Crippen molar-refractivity contribution >= 4 is 23.3 Å². The number of benzene rings is 2. The van der Waals surface area contributed by atoms with E-state index < -0.39 is 0 Å². The van der Waals surface area contributed by atoms with Crippen molar-refractivity contribution in [2.45, 2.75) is 13.2 Å². The fourth-order valence-corrected chi connectivity index (χ4v) is 3.12. The molecule has 0 aliphatic carbocycles. The Hall–Kier alpha value is -3.64. The van der Waals surface area contributed by atoms with Crippen LogP contribution in [-0.4, -0.2) is 20.7 Å². The van der Waals surface area contributed by atoms with Crippen LogP contribution in [0.2, 0.25) is 5.02 Å². The van der Waals surface area contributed by atoms with Crippen molar-refractivity contribution in [1.29, 1.82) is 0 Å². The van der Waals surface area contributed by atoms with Crippen LogP contribution in [0.4, 0.5) is 5.82 Å². The minimum atomic E-state index is -0.255. The number of hydrogen-bond acceptors (Lipinski definition) is 4. The van der Waals surface area contributed by atoms with Crippen molar-refractivity contribution in [1.82, 2.24) is 14.8 Å². The largest absolute Gasteiger partial charge is 0.489 e. The van der Waals surface area contributed by atoms with Crippen molar-refractivity contribution in [2.24, 2.45) is 0 Å². The number of carbonyl (C=O) groups is 1. The van der Waals surface area contributed by atoms with Crippen LogP contribution in [0.3, 0.4) is 0 Å². The quantitative estimate of drug-likeness (QED) is 0.467. The molecule has 0 aliphatic rings. The van der Waals surface area contributed by atoms with Gasteiger partial charge in [0.1, 0.15) is 12.4 Å². The highest BCUT2D eigenvalue weighted by atomic mass is 35.5. The summed E-state index contributed by atoms with van der Waals surface area (Å²) in [5.74, 6) is 0.828. The number of nitrogens with zero attached hydrogens (tertiary/aromatic N) is 3. The number of rotatable bonds is 7. The van der Waals surface area contributed by atoms with Crippen LogP contribution < -0.4 is 10.1 Å². The number of nitrogens with one attached hydrogen (secondary N) is 1. The molecule has 2 aromatic heterocycles. The average molecular weight is 419 g/mol. The molecule has 0 saturated carbocycles. The van der Waals surface area contributed by atoms with Gasteiger partial charge in [0.15, 0.2) is 5.82 Å². The zero-order chi connectivity index (χ0) is 20.8. The minimum Gasteiger partial charge on any atom is -0.489 e. The maximum absolute atomic E-state index is 12.6. The predicted molar refractivity (Wildman–Crippen MR) is 116 cm³/mol. The van der Waals surface area contributed by atoms with Gasteiger partial charge in [0, 0.05) is 35.2 Å². The molecule has 30 heavy (non-hydrogen) atoms. The van der Waals surface area contributed by atoms with Gasteiger partial charge in [-0.2, -0.15) is 5.10 Å². The van der Waals surface area contributed by atoms with Gasteiger partial charge in [-0.15, -0.1) is 0 Å². The van der Waals surface area contributed by atoms with E-state index in [0.717, 1.165) is 11.1 Å². The Balaban J connectivity index is 1.37. The number of aromatic nitrogens is 3. The highest BCUT2D eigenvalue weighted by Gasteiger charge is 2.10. The minimum absolute atomic E-state index is 0.255. The molecule has 0 bridgehead atoms. The summed E-state index contributed by atoms with van der Waals surface area (Å²) in [4.78, 5) is 16.7. The summed E-state index contributed by atoms with van der Waals surface area (Å²) < 4.78 is 7.54. The SMILES string of the molecule is O=C(Nc1ccn(Cc2cccnc2)n1)c1cccc(OCc2cccc(Cl)c2)c1. The molecule has 2 aromatic carbocycles. The topological polar surface area (TPSA) is 69.0 Å². The first kappa shape index (κ1) is 19.7. The van der Waals surface area contributed by atoms with Crippen molar-refractivity contribution in [3.63, 3.8) is 0 Å². The van der Waals surface area contributed by atoms with Crippen LogP contribution in [0.1, 0.15) is 21.5 Å². The molecule has 4 aromatic rings. The fourth-order valence-electron chi connectivity index (χ4n) is 2.90. The van der Waals surface area contributed by atoms with E-state index in [0.29, 0.717) is 35.3 Å².